The van der Waals surface area contributed by atoms with Crippen LogP contribution in [0.3, 0.4) is 0 Å². The fourth-order valence-corrected chi connectivity index (χ4v) is 2.67. The number of thiol groups is 1. The minimum atomic E-state index is 0. The SMILES string of the molecule is S=C(S)OC1CCCCCCCCCCC1.[K]. The first-order chi connectivity index (χ1) is 7.79. The van der Waals surface area contributed by atoms with Gasteiger partial charge >= 0.3 is 0 Å². The largest absolute Gasteiger partial charge is 0.475 e. The minimum absolute atomic E-state index is 0. The molecule has 0 aromatic carbocycles. The summed E-state index contributed by atoms with van der Waals surface area (Å²) in [6, 6.07) is 0. The molecule has 1 nitrogen and oxygen atoms in total. The van der Waals surface area contributed by atoms with Gasteiger partial charge in [-0.15, -0.1) is 0 Å². The molecule has 0 amide bonds. The second kappa shape index (κ2) is 12.9. The molecule has 0 unspecified atom stereocenters. The van der Waals surface area contributed by atoms with Crippen molar-refractivity contribution < 1.29 is 4.74 Å². The Bertz CT molecular complexity index is 188. The summed E-state index contributed by atoms with van der Waals surface area (Å²) in [6.07, 6.45) is 14.9. The summed E-state index contributed by atoms with van der Waals surface area (Å²) >= 11 is 8.97. The van der Waals surface area contributed by atoms with Crippen LogP contribution in [0.4, 0.5) is 0 Å². The third-order valence-electron chi connectivity index (χ3n) is 3.32. The molecule has 1 saturated carbocycles. The number of thiocarbonyl (C=S) groups is 1. The van der Waals surface area contributed by atoms with Crippen LogP contribution in [0.25, 0.3) is 0 Å². The fraction of sp³-hybridized carbons (Fsp3) is 0.923. The first kappa shape index (κ1) is 18.9. The van der Waals surface area contributed by atoms with E-state index in [9.17, 15) is 0 Å². The van der Waals surface area contributed by atoms with E-state index in [4.69, 9.17) is 17.0 Å². The zero-order valence-corrected chi connectivity index (χ0v) is 16.0. The summed E-state index contributed by atoms with van der Waals surface area (Å²) in [5.41, 5.74) is 0. The standard InChI is InChI=1S/C13H24OS2.K/c15-13(16)14-12-10-8-6-4-2-1-3-5-7-9-11-12;/h12H,1-11H2,(H,15,16);. The van der Waals surface area contributed by atoms with Gasteiger partial charge < -0.3 is 4.74 Å². The molecule has 1 rings (SSSR count). The third-order valence-corrected chi connectivity index (χ3v) is 3.52. The van der Waals surface area contributed by atoms with Gasteiger partial charge in [0.05, 0.1) is 0 Å². The van der Waals surface area contributed by atoms with Crippen LogP contribution in [0.2, 0.25) is 0 Å². The van der Waals surface area contributed by atoms with Crippen molar-refractivity contribution in [2.24, 2.45) is 0 Å². The van der Waals surface area contributed by atoms with E-state index in [0.717, 1.165) is 12.8 Å². The van der Waals surface area contributed by atoms with E-state index < -0.39 is 0 Å². The van der Waals surface area contributed by atoms with Crippen molar-refractivity contribution >= 4 is 80.6 Å². The molecule has 0 aromatic rings. The average Bonchev–Trinajstić information content (AvgIpc) is 2.21. The molecular formula is C13H24KOS2. The van der Waals surface area contributed by atoms with Crippen LogP contribution in [0.1, 0.15) is 70.6 Å². The van der Waals surface area contributed by atoms with E-state index in [1.807, 2.05) is 0 Å². The number of ether oxygens (including phenoxy) is 1. The van der Waals surface area contributed by atoms with Crippen molar-refractivity contribution in [1.29, 1.82) is 0 Å². The zero-order valence-electron chi connectivity index (χ0n) is 11.1. The molecule has 1 fully saturated rings. The summed E-state index contributed by atoms with van der Waals surface area (Å²) in [5.74, 6) is 0. The van der Waals surface area contributed by atoms with Gasteiger partial charge in [-0.05, 0) is 37.9 Å². The second-order valence-corrected chi connectivity index (χ2v) is 5.84. The number of hydrogen-bond donors (Lipinski definition) is 1. The van der Waals surface area contributed by atoms with Gasteiger partial charge in [-0.1, -0.05) is 57.6 Å². The predicted octanol–water partition coefficient (Wildman–Crippen LogP) is 4.51. The van der Waals surface area contributed by atoms with Crippen molar-refractivity contribution in [3.05, 3.63) is 0 Å². The third kappa shape index (κ3) is 11.4. The van der Waals surface area contributed by atoms with Crippen molar-refractivity contribution in [1.82, 2.24) is 0 Å². The molecule has 0 aliphatic heterocycles. The first-order valence-corrected chi connectivity index (χ1v) is 7.54. The van der Waals surface area contributed by atoms with Gasteiger partial charge in [0.1, 0.15) is 6.10 Å². The van der Waals surface area contributed by atoms with E-state index >= 15 is 0 Å². The maximum atomic E-state index is 5.59. The van der Waals surface area contributed by atoms with E-state index in [2.05, 4.69) is 12.6 Å². The number of rotatable bonds is 1. The van der Waals surface area contributed by atoms with Gasteiger partial charge in [0.25, 0.3) is 0 Å². The summed E-state index contributed by atoms with van der Waals surface area (Å²) in [6.45, 7) is 0. The van der Waals surface area contributed by atoms with Crippen molar-refractivity contribution in [3.63, 3.8) is 0 Å². The molecule has 1 radical (unpaired) electrons. The van der Waals surface area contributed by atoms with Crippen LogP contribution in [-0.2, 0) is 4.74 Å². The van der Waals surface area contributed by atoms with E-state index in [1.165, 1.54) is 57.8 Å². The minimum Gasteiger partial charge on any atom is -0.475 e. The molecule has 0 bridgehead atoms. The summed E-state index contributed by atoms with van der Waals surface area (Å²) in [5, 5.41) is 0. The molecule has 0 spiro atoms. The van der Waals surface area contributed by atoms with Crippen LogP contribution in [0, 0.1) is 0 Å². The topological polar surface area (TPSA) is 9.23 Å². The van der Waals surface area contributed by atoms with E-state index in [0.29, 0.717) is 10.5 Å². The van der Waals surface area contributed by atoms with Crippen LogP contribution in [-0.4, -0.2) is 61.9 Å². The molecule has 95 valence electrons. The maximum absolute atomic E-state index is 5.59. The maximum Gasteiger partial charge on any atom is 0.217 e. The van der Waals surface area contributed by atoms with Crippen molar-refractivity contribution in [2.45, 2.75) is 76.7 Å². The molecule has 1 aliphatic rings. The Kier molecular flexibility index (Phi) is 14.3. The molecule has 1 aliphatic carbocycles. The predicted molar refractivity (Wildman–Crippen MR) is 83.0 cm³/mol. The monoisotopic (exact) mass is 299 g/mol. The van der Waals surface area contributed by atoms with Crippen LogP contribution >= 0.6 is 24.8 Å². The molecule has 0 saturated heterocycles. The molecule has 17 heavy (non-hydrogen) atoms. The normalized spacial score (nSPS) is 20.5. The summed E-state index contributed by atoms with van der Waals surface area (Å²) in [4.78, 5) is 0. The van der Waals surface area contributed by atoms with Gasteiger partial charge in [0, 0.05) is 51.4 Å². The smallest absolute Gasteiger partial charge is 0.217 e. The van der Waals surface area contributed by atoms with Gasteiger partial charge in [-0.25, -0.2) is 0 Å². The number of hydrogen-bond acceptors (Lipinski definition) is 2. The van der Waals surface area contributed by atoms with Gasteiger partial charge in [0.2, 0.25) is 4.38 Å². The Balaban J connectivity index is 0.00000256. The Hall–Kier alpha value is 1.88. The van der Waals surface area contributed by atoms with Crippen LogP contribution in [0.5, 0.6) is 0 Å². The Morgan fingerprint density at radius 2 is 1.18 bits per heavy atom. The second-order valence-electron chi connectivity index (χ2n) is 4.77. The summed E-state index contributed by atoms with van der Waals surface area (Å²) in [7, 11) is 0. The molecular weight excluding hydrogens is 275 g/mol. The Labute approximate surface area is 160 Å². The van der Waals surface area contributed by atoms with Crippen molar-refractivity contribution in [2.75, 3.05) is 0 Å². The first-order valence-electron chi connectivity index (χ1n) is 6.68. The Morgan fingerprint density at radius 1 is 0.824 bits per heavy atom. The fourth-order valence-electron chi connectivity index (χ4n) is 2.39. The Morgan fingerprint density at radius 3 is 1.53 bits per heavy atom. The zero-order chi connectivity index (χ0) is 11.6. The van der Waals surface area contributed by atoms with Crippen molar-refractivity contribution in [3.8, 4) is 0 Å². The average molecular weight is 300 g/mol. The van der Waals surface area contributed by atoms with E-state index in [-0.39, 0.29) is 51.4 Å². The molecule has 0 heterocycles. The summed E-state index contributed by atoms with van der Waals surface area (Å²) < 4.78 is 6.00. The van der Waals surface area contributed by atoms with Gasteiger partial charge in [-0.2, -0.15) is 0 Å². The molecule has 0 atom stereocenters. The van der Waals surface area contributed by atoms with Crippen LogP contribution < -0.4 is 0 Å². The van der Waals surface area contributed by atoms with E-state index in [1.54, 1.807) is 0 Å². The van der Waals surface area contributed by atoms with Gasteiger partial charge in [0.15, 0.2) is 0 Å². The molecule has 4 heteroatoms. The quantitative estimate of drug-likeness (QED) is 0.433. The van der Waals surface area contributed by atoms with Gasteiger partial charge in [-0.3, -0.25) is 0 Å². The van der Waals surface area contributed by atoms with Crippen LogP contribution in [0.15, 0.2) is 0 Å². The molecule has 0 N–H and O–H groups in total. The molecule has 0 aromatic heterocycles.